The van der Waals surface area contributed by atoms with Crippen LogP contribution in [0.2, 0.25) is 0 Å². The second-order valence-corrected chi connectivity index (χ2v) is 6.54. The Labute approximate surface area is 108 Å². The van der Waals surface area contributed by atoms with Crippen molar-refractivity contribution in [2.24, 2.45) is 17.8 Å². The molecule has 18 heavy (non-hydrogen) atoms. The minimum absolute atomic E-state index is 0.364. The molecule has 96 valence electrons. The van der Waals surface area contributed by atoms with E-state index in [0.717, 1.165) is 42.6 Å². The maximum Gasteiger partial charge on any atom is 0.164 e. The molecule has 2 fully saturated rings. The maximum absolute atomic E-state index is 11.9. The van der Waals surface area contributed by atoms with Crippen LogP contribution in [0, 0.1) is 17.8 Å². The molecule has 0 N–H and O–H groups in total. The lowest BCUT2D eigenvalue weighted by Gasteiger charge is -2.24. The highest BCUT2D eigenvalue weighted by molar-refractivity contribution is 5.98. The van der Waals surface area contributed by atoms with Crippen LogP contribution in [0.15, 0.2) is 12.3 Å². The van der Waals surface area contributed by atoms with E-state index >= 15 is 0 Å². The predicted molar refractivity (Wildman–Crippen MR) is 70.6 cm³/mol. The van der Waals surface area contributed by atoms with Gasteiger partial charge in [0.2, 0.25) is 0 Å². The van der Waals surface area contributed by atoms with Gasteiger partial charge in [0.25, 0.3) is 0 Å². The highest BCUT2D eigenvalue weighted by Gasteiger charge is 2.39. The van der Waals surface area contributed by atoms with Crippen molar-refractivity contribution < 1.29 is 4.79 Å². The van der Waals surface area contributed by atoms with Gasteiger partial charge in [-0.05, 0) is 55.9 Å². The number of carbonyl (C=O) groups is 1. The van der Waals surface area contributed by atoms with Gasteiger partial charge in [-0.2, -0.15) is 0 Å². The molecule has 2 nitrogen and oxygen atoms in total. The van der Waals surface area contributed by atoms with E-state index in [4.69, 9.17) is 0 Å². The number of hydrogen-bond acceptors (Lipinski definition) is 1. The Kier molecular flexibility index (Phi) is 2.39. The number of aromatic nitrogens is 1. The van der Waals surface area contributed by atoms with Gasteiger partial charge in [-0.1, -0.05) is 6.42 Å². The fraction of sp³-hybridized carbons (Fsp3) is 0.688. The van der Waals surface area contributed by atoms with Gasteiger partial charge in [0, 0.05) is 30.4 Å². The van der Waals surface area contributed by atoms with Crippen molar-refractivity contribution in [2.75, 3.05) is 0 Å². The summed E-state index contributed by atoms with van der Waals surface area (Å²) in [6.07, 6.45) is 10.9. The summed E-state index contributed by atoms with van der Waals surface area (Å²) in [5.41, 5.74) is 2.35. The molecule has 1 aromatic heterocycles. The van der Waals surface area contributed by atoms with Crippen LogP contribution in [0.5, 0.6) is 0 Å². The molecule has 3 aliphatic rings. The maximum atomic E-state index is 11.9. The topological polar surface area (TPSA) is 22.0 Å². The molecule has 1 heterocycles. The molecule has 2 bridgehead atoms. The molecule has 3 unspecified atom stereocenters. The SMILES string of the molecule is O=C1CCCc2c1ccn2CC1CC2CCC1C2. The molecule has 2 heteroatoms. The van der Waals surface area contributed by atoms with E-state index in [0.29, 0.717) is 5.78 Å². The summed E-state index contributed by atoms with van der Waals surface area (Å²) in [6, 6.07) is 2.06. The summed E-state index contributed by atoms with van der Waals surface area (Å²) in [5, 5.41) is 0. The van der Waals surface area contributed by atoms with Crippen molar-refractivity contribution >= 4 is 5.78 Å². The first kappa shape index (κ1) is 10.8. The summed E-state index contributed by atoms with van der Waals surface area (Å²) < 4.78 is 2.40. The van der Waals surface area contributed by atoms with Gasteiger partial charge >= 0.3 is 0 Å². The van der Waals surface area contributed by atoms with Gasteiger partial charge in [0.1, 0.15) is 0 Å². The summed E-state index contributed by atoms with van der Waals surface area (Å²) in [5.74, 6) is 3.25. The zero-order valence-electron chi connectivity index (χ0n) is 10.9. The molecule has 0 aliphatic heterocycles. The molecular weight excluding hydrogens is 222 g/mol. The third-order valence-electron chi connectivity index (χ3n) is 5.51. The Morgan fingerprint density at radius 2 is 2.17 bits per heavy atom. The first-order valence-corrected chi connectivity index (χ1v) is 7.52. The van der Waals surface area contributed by atoms with Gasteiger partial charge in [-0.25, -0.2) is 0 Å². The fourth-order valence-corrected chi connectivity index (χ4v) is 4.61. The largest absolute Gasteiger partial charge is 0.350 e. The molecule has 0 spiro atoms. The lowest BCUT2D eigenvalue weighted by atomic mass is 9.88. The van der Waals surface area contributed by atoms with Crippen molar-refractivity contribution in [3.05, 3.63) is 23.5 Å². The molecule has 1 aromatic rings. The molecule has 0 radical (unpaired) electrons. The number of nitrogens with zero attached hydrogens (tertiary/aromatic N) is 1. The lowest BCUT2D eigenvalue weighted by Crippen LogP contribution is -2.20. The molecule has 0 aromatic carbocycles. The molecule has 3 atom stereocenters. The van der Waals surface area contributed by atoms with E-state index in [2.05, 4.69) is 16.8 Å². The van der Waals surface area contributed by atoms with Crippen molar-refractivity contribution in [3.63, 3.8) is 0 Å². The van der Waals surface area contributed by atoms with Crippen LogP contribution in [-0.2, 0) is 13.0 Å². The summed E-state index contributed by atoms with van der Waals surface area (Å²) in [6.45, 7) is 1.17. The zero-order chi connectivity index (χ0) is 12.1. The highest BCUT2D eigenvalue weighted by atomic mass is 16.1. The van der Waals surface area contributed by atoms with Crippen molar-refractivity contribution in [1.29, 1.82) is 0 Å². The number of hydrogen-bond donors (Lipinski definition) is 0. The number of ketones is 1. The van der Waals surface area contributed by atoms with Crippen molar-refractivity contribution in [3.8, 4) is 0 Å². The minimum Gasteiger partial charge on any atom is -0.350 e. The summed E-state index contributed by atoms with van der Waals surface area (Å²) >= 11 is 0. The highest BCUT2D eigenvalue weighted by Crippen LogP contribution is 2.49. The first-order valence-electron chi connectivity index (χ1n) is 7.52. The summed E-state index contributed by atoms with van der Waals surface area (Å²) in [4.78, 5) is 11.9. The quantitative estimate of drug-likeness (QED) is 0.780. The fourth-order valence-electron chi connectivity index (χ4n) is 4.61. The Bertz CT molecular complexity index is 487. The Morgan fingerprint density at radius 3 is 2.94 bits per heavy atom. The van der Waals surface area contributed by atoms with Gasteiger partial charge in [0.05, 0.1) is 0 Å². The predicted octanol–water partition coefficient (Wildman–Crippen LogP) is 3.44. The molecule has 2 saturated carbocycles. The third-order valence-corrected chi connectivity index (χ3v) is 5.51. The van der Waals surface area contributed by atoms with Gasteiger partial charge < -0.3 is 4.57 Å². The van der Waals surface area contributed by atoms with E-state index in [-0.39, 0.29) is 0 Å². The number of carbonyl (C=O) groups excluding carboxylic acids is 1. The van der Waals surface area contributed by atoms with Crippen LogP contribution in [0.3, 0.4) is 0 Å². The Hall–Kier alpha value is -1.05. The smallest absolute Gasteiger partial charge is 0.164 e. The van der Waals surface area contributed by atoms with Gasteiger partial charge in [0.15, 0.2) is 5.78 Å². The second-order valence-electron chi connectivity index (χ2n) is 6.54. The average molecular weight is 243 g/mol. The standard InChI is InChI=1S/C16H21NO/c18-16-3-1-2-15-14(16)6-7-17(15)10-13-9-11-4-5-12(13)8-11/h6-7,11-13H,1-5,8-10H2. The van der Waals surface area contributed by atoms with E-state index in [1.54, 1.807) is 0 Å². The second kappa shape index (κ2) is 3.97. The average Bonchev–Trinajstić information content (AvgIpc) is 3.05. The monoisotopic (exact) mass is 243 g/mol. The summed E-state index contributed by atoms with van der Waals surface area (Å²) in [7, 11) is 0. The van der Waals surface area contributed by atoms with Crippen LogP contribution >= 0.6 is 0 Å². The van der Waals surface area contributed by atoms with Crippen LogP contribution in [0.1, 0.15) is 54.6 Å². The number of rotatable bonds is 2. The zero-order valence-corrected chi connectivity index (χ0v) is 10.9. The van der Waals surface area contributed by atoms with Crippen LogP contribution in [-0.4, -0.2) is 10.4 Å². The Morgan fingerprint density at radius 1 is 1.22 bits per heavy atom. The van der Waals surface area contributed by atoms with Crippen LogP contribution in [0.25, 0.3) is 0 Å². The number of Topliss-reactive ketones (excluding diaryl/α,β-unsaturated/α-hetero) is 1. The third kappa shape index (κ3) is 1.58. The molecule has 0 saturated heterocycles. The molecule has 4 rings (SSSR count). The first-order chi connectivity index (χ1) is 8.81. The number of fused-ring (bicyclic) bond motifs is 3. The lowest BCUT2D eigenvalue weighted by molar-refractivity contribution is 0.0971. The molecular formula is C16H21NO. The van der Waals surface area contributed by atoms with Crippen molar-refractivity contribution in [1.82, 2.24) is 4.57 Å². The van der Waals surface area contributed by atoms with Crippen molar-refractivity contribution in [2.45, 2.75) is 51.5 Å². The normalized spacial score (nSPS) is 34.0. The van der Waals surface area contributed by atoms with E-state index in [1.807, 2.05) is 0 Å². The van der Waals surface area contributed by atoms with Crippen LogP contribution < -0.4 is 0 Å². The molecule has 0 amide bonds. The minimum atomic E-state index is 0.364. The van der Waals surface area contributed by atoms with E-state index < -0.39 is 0 Å². The molecule has 3 aliphatic carbocycles. The Balaban J connectivity index is 1.57. The van der Waals surface area contributed by atoms with Gasteiger partial charge in [-0.3, -0.25) is 4.79 Å². The van der Waals surface area contributed by atoms with Crippen LogP contribution in [0.4, 0.5) is 0 Å². The van der Waals surface area contributed by atoms with E-state index in [9.17, 15) is 4.79 Å². The van der Waals surface area contributed by atoms with Gasteiger partial charge in [-0.15, -0.1) is 0 Å². The van der Waals surface area contributed by atoms with E-state index in [1.165, 1.54) is 37.9 Å².